The Kier molecular flexibility index (Phi) is 66.1. The third kappa shape index (κ3) is 65.9. The minimum atomic E-state index is -0.771. The van der Waals surface area contributed by atoms with Gasteiger partial charge in [0.05, 0.1) is 0 Å². The van der Waals surface area contributed by atoms with Gasteiger partial charge in [0.1, 0.15) is 13.2 Å². The van der Waals surface area contributed by atoms with Gasteiger partial charge in [-0.15, -0.1) is 0 Å². The summed E-state index contributed by atoms with van der Waals surface area (Å²) in [6, 6.07) is 0. The molecular weight excluding hydrogens is 985 g/mol. The first-order valence-electron chi connectivity index (χ1n) is 35.3. The van der Waals surface area contributed by atoms with Gasteiger partial charge in [-0.2, -0.15) is 0 Å². The molecule has 6 heteroatoms. The molecule has 1 unspecified atom stereocenters. The van der Waals surface area contributed by atoms with Crippen molar-refractivity contribution in [2.45, 2.75) is 380 Å². The molecule has 0 fully saturated rings. The fourth-order valence-corrected chi connectivity index (χ4v) is 10.4. The molecular formula is C74H134O6. The van der Waals surface area contributed by atoms with E-state index in [9.17, 15) is 14.4 Å². The van der Waals surface area contributed by atoms with Crippen LogP contribution in [-0.4, -0.2) is 37.2 Å². The van der Waals surface area contributed by atoms with E-state index < -0.39 is 6.10 Å². The van der Waals surface area contributed by atoms with Gasteiger partial charge in [0.15, 0.2) is 6.10 Å². The highest BCUT2D eigenvalue weighted by Gasteiger charge is 2.19. The van der Waals surface area contributed by atoms with Crippen LogP contribution in [0.1, 0.15) is 374 Å². The van der Waals surface area contributed by atoms with E-state index in [-0.39, 0.29) is 31.1 Å². The van der Waals surface area contributed by atoms with Crippen LogP contribution in [-0.2, 0) is 28.6 Å². The maximum atomic E-state index is 12.9. The number of hydrogen-bond donors (Lipinski definition) is 0. The lowest BCUT2D eigenvalue weighted by Gasteiger charge is -2.18. The van der Waals surface area contributed by atoms with Crippen LogP contribution in [0.4, 0.5) is 0 Å². The Bertz CT molecular complexity index is 1430. The third-order valence-electron chi connectivity index (χ3n) is 15.7. The Hall–Kier alpha value is -2.89. The second kappa shape index (κ2) is 68.6. The van der Waals surface area contributed by atoms with Crippen molar-refractivity contribution in [3.05, 3.63) is 60.8 Å². The van der Waals surface area contributed by atoms with E-state index in [1.54, 1.807) is 0 Å². The quantitative estimate of drug-likeness (QED) is 0.0261. The molecule has 0 aliphatic heterocycles. The highest BCUT2D eigenvalue weighted by Crippen LogP contribution is 2.18. The molecule has 0 aliphatic carbocycles. The summed E-state index contributed by atoms with van der Waals surface area (Å²) >= 11 is 0. The highest BCUT2D eigenvalue weighted by atomic mass is 16.6. The Morgan fingerprint density at radius 1 is 0.250 bits per heavy atom. The van der Waals surface area contributed by atoms with Crippen LogP contribution in [0.3, 0.4) is 0 Å². The Balaban J connectivity index is 3.99. The van der Waals surface area contributed by atoms with Gasteiger partial charge in [0.25, 0.3) is 0 Å². The zero-order chi connectivity index (χ0) is 57.8. The van der Waals surface area contributed by atoms with E-state index in [1.807, 2.05) is 0 Å². The Morgan fingerprint density at radius 3 is 0.700 bits per heavy atom. The molecule has 0 saturated heterocycles. The number of esters is 3. The molecule has 0 saturated carbocycles. The molecule has 0 radical (unpaired) electrons. The van der Waals surface area contributed by atoms with E-state index in [0.29, 0.717) is 19.3 Å². The molecule has 0 amide bonds. The van der Waals surface area contributed by atoms with E-state index in [1.165, 1.54) is 257 Å². The van der Waals surface area contributed by atoms with E-state index in [2.05, 4.69) is 81.5 Å². The summed E-state index contributed by atoms with van der Waals surface area (Å²) in [5.41, 5.74) is 0. The van der Waals surface area contributed by atoms with Crippen LogP contribution in [0.2, 0.25) is 0 Å². The van der Waals surface area contributed by atoms with Crippen molar-refractivity contribution in [2.24, 2.45) is 0 Å². The number of carbonyl (C=O) groups excluding carboxylic acids is 3. The smallest absolute Gasteiger partial charge is 0.306 e. The van der Waals surface area contributed by atoms with Crippen LogP contribution >= 0.6 is 0 Å². The van der Waals surface area contributed by atoms with Crippen molar-refractivity contribution >= 4 is 17.9 Å². The molecule has 1 atom stereocenters. The van der Waals surface area contributed by atoms with Gasteiger partial charge in [-0.1, -0.05) is 326 Å². The minimum Gasteiger partial charge on any atom is -0.462 e. The van der Waals surface area contributed by atoms with Crippen molar-refractivity contribution in [2.75, 3.05) is 13.2 Å². The first-order valence-corrected chi connectivity index (χ1v) is 35.3. The van der Waals surface area contributed by atoms with Crippen LogP contribution in [0, 0.1) is 0 Å². The number of allylic oxidation sites excluding steroid dienone is 10. The SMILES string of the molecule is CCCCCCC/C=C\C/C=C\C/C=C\CCCCCCCCCCCCCCCCCCC(=O)OCC(COC(=O)CCCCCCCC)OC(=O)CCCCCCCCCCCCCCC/C=C\C/C=C\CCCCCCC. The number of carbonyl (C=O) groups is 3. The maximum Gasteiger partial charge on any atom is 0.306 e. The average Bonchev–Trinajstić information content (AvgIpc) is 3.46. The van der Waals surface area contributed by atoms with Crippen molar-refractivity contribution in [3.63, 3.8) is 0 Å². The Labute approximate surface area is 498 Å². The van der Waals surface area contributed by atoms with Gasteiger partial charge in [-0.25, -0.2) is 0 Å². The molecule has 0 N–H and O–H groups in total. The standard InChI is InChI=1S/C74H134O6/c1-4-7-10-13-16-18-20-22-24-26-28-30-32-34-35-36-37-38-39-41-42-44-46-48-50-52-54-56-58-61-64-67-73(76)79-70-71(69-78-72(75)66-63-60-15-12-9-6-3)80-74(77)68-65-62-59-57-55-53-51-49-47-45-43-40-33-31-29-27-25-23-21-19-17-14-11-8-5-2/h20-23,26-29,32,34,71H,4-19,24-25,30-31,33,35-70H2,1-3H3/b22-20-,23-21-,28-26-,29-27-,34-32-. The normalized spacial score (nSPS) is 12.4. The molecule has 80 heavy (non-hydrogen) atoms. The predicted molar refractivity (Wildman–Crippen MR) is 348 cm³/mol. The predicted octanol–water partition coefficient (Wildman–Crippen LogP) is 24.3. The molecule has 466 valence electrons. The summed E-state index contributed by atoms with van der Waals surface area (Å²) in [6.07, 6.45) is 88.6. The van der Waals surface area contributed by atoms with Gasteiger partial charge < -0.3 is 14.2 Å². The van der Waals surface area contributed by atoms with Gasteiger partial charge in [0.2, 0.25) is 0 Å². The van der Waals surface area contributed by atoms with Crippen molar-refractivity contribution in [1.29, 1.82) is 0 Å². The number of rotatable bonds is 65. The lowest BCUT2D eigenvalue weighted by molar-refractivity contribution is -0.167. The zero-order valence-corrected chi connectivity index (χ0v) is 53.6. The lowest BCUT2D eigenvalue weighted by atomic mass is 10.0. The monoisotopic (exact) mass is 1120 g/mol. The third-order valence-corrected chi connectivity index (χ3v) is 15.7. The van der Waals surface area contributed by atoms with E-state index >= 15 is 0 Å². The largest absolute Gasteiger partial charge is 0.462 e. The fourth-order valence-electron chi connectivity index (χ4n) is 10.4. The van der Waals surface area contributed by atoms with Crippen LogP contribution < -0.4 is 0 Å². The molecule has 0 bridgehead atoms. The average molecular weight is 1120 g/mol. The topological polar surface area (TPSA) is 78.9 Å². The lowest BCUT2D eigenvalue weighted by Crippen LogP contribution is -2.30. The molecule has 0 aliphatic rings. The van der Waals surface area contributed by atoms with E-state index in [0.717, 1.165) is 77.0 Å². The van der Waals surface area contributed by atoms with Gasteiger partial charge in [-0.3, -0.25) is 14.4 Å². The summed E-state index contributed by atoms with van der Waals surface area (Å²) in [5, 5.41) is 0. The number of unbranched alkanes of at least 4 members (excludes halogenated alkanes) is 44. The number of hydrogen-bond acceptors (Lipinski definition) is 6. The fraction of sp³-hybridized carbons (Fsp3) is 0.824. The molecule has 0 spiro atoms. The maximum absolute atomic E-state index is 12.9. The summed E-state index contributed by atoms with van der Waals surface area (Å²) < 4.78 is 16.9. The number of ether oxygens (including phenoxy) is 3. The Morgan fingerprint density at radius 2 is 0.450 bits per heavy atom. The van der Waals surface area contributed by atoms with E-state index in [4.69, 9.17) is 14.2 Å². The van der Waals surface area contributed by atoms with Crippen LogP contribution in [0.25, 0.3) is 0 Å². The van der Waals surface area contributed by atoms with Crippen LogP contribution in [0.15, 0.2) is 60.8 Å². The molecule has 0 aromatic carbocycles. The molecule has 0 aromatic heterocycles. The second-order valence-electron chi connectivity index (χ2n) is 23.8. The minimum absolute atomic E-state index is 0.0705. The summed E-state index contributed by atoms with van der Waals surface area (Å²) in [5.74, 6) is -0.861. The van der Waals surface area contributed by atoms with Crippen molar-refractivity contribution in [1.82, 2.24) is 0 Å². The summed E-state index contributed by atoms with van der Waals surface area (Å²) in [7, 11) is 0. The van der Waals surface area contributed by atoms with Crippen molar-refractivity contribution < 1.29 is 28.6 Å². The summed E-state index contributed by atoms with van der Waals surface area (Å²) in [4.78, 5) is 38.1. The summed E-state index contributed by atoms with van der Waals surface area (Å²) in [6.45, 7) is 6.61. The molecule has 0 rings (SSSR count). The first kappa shape index (κ1) is 77.1. The second-order valence-corrected chi connectivity index (χ2v) is 23.8. The highest BCUT2D eigenvalue weighted by molar-refractivity contribution is 5.71. The molecule has 0 aromatic rings. The van der Waals surface area contributed by atoms with Crippen LogP contribution in [0.5, 0.6) is 0 Å². The van der Waals surface area contributed by atoms with Gasteiger partial charge in [0, 0.05) is 19.3 Å². The van der Waals surface area contributed by atoms with Crippen molar-refractivity contribution in [3.8, 4) is 0 Å². The molecule has 0 heterocycles. The molecule has 6 nitrogen and oxygen atoms in total. The first-order chi connectivity index (χ1) is 39.5. The van der Waals surface area contributed by atoms with Gasteiger partial charge in [-0.05, 0) is 89.9 Å². The zero-order valence-electron chi connectivity index (χ0n) is 53.6. The van der Waals surface area contributed by atoms with Gasteiger partial charge >= 0.3 is 17.9 Å².